The summed E-state index contributed by atoms with van der Waals surface area (Å²) in [6.07, 6.45) is 0.882. The second-order valence-corrected chi connectivity index (χ2v) is 8.67. The second-order valence-electron chi connectivity index (χ2n) is 8.67. The van der Waals surface area contributed by atoms with Crippen LogP contribution in [0.3, 0.4) is 0 Å². The van der Waals surface area contributed by atoms with E-state index >= 15 is 0 Å². The van der Waals surface area contributed by atoms with Crippen LogP contribution in [0.25, 0.3) is 0 Å². The second kappa shape index (κ2) is 10.1. The van der Waals surface area contributed by atoms with E-state index in [2.05, 4.69) is 6.58 Å². The molecule has 2 rings (SSSR count). The van der Waals surface area contributed by atoms with Gasteiger partial charge in [-0.3, -0.25) is 9.59 Å². The summed E-state index contributed by atoms with van der Waals surface area (Å²) in [5, 5.41) is 9.78. The van der Waals surface area contributed by atoms with Crippen LogP contribution in [0.5, 0.6) is 5.75 Å². The molecular weight excluding hydrogens is 402 g/mol. The lowest BCUT2D eigenvalue weighted by molar-refractivity contribution is -0.147. The van der Waals surface area contributed by atoms with E-state index in [-0.39, 0.29) is 19.6 Å². The molecule has 0 bridgehead atoms. The van der Waals surface area contributed by atoms with Gasteiger partial charge in [-0.2, -0.15) is 4.90 Å². The summed E-state index contributed by atoms with van der Waals surface area (Å²) in [6, 6.07) is 6.92. The Kier molecular flexibility index (Phi) is 7.97. The molecule has 0 saturated carbocycles. The molecule has 1 saturated heterocycles. The molecule has 1 N–H and O–H groups in total. The number of carbonyl (C=O) groups excluding carboxylic acids is 3. The molecule has 2 unspecified atom stereocenters. The Morgan fingerprint density at radius 3 is 2.42 bits per heavy atom. The van der Waals surface area contributed by atoms with Gasteiger partial charge >= 0.3 is 6.09 Å². The van der Waals surface area contributed by atoms with Crippen molar-refractivity contribution < 1.29 is 33.7 Å². The summed E-state index contributed by atoms with van der Waals surface area (Å²) in [4.78, 5) is 37.9. The molecule has 8 heteroatoms. The molecule has 31 heavy (non-hydrogen) atoms. The number of nitrogens with zero attached hydrogens (tertiary/aromatic N) is 1. The summed E-state index contributed by atoms with van der Waals surface area (Å²) in [7, 11) is 0. The highest BCUT2D eigenvalue weighted by molar-refractivity contribution is 6.12. The third-order valence-corrected chi connectivity index (χ3v) is 4.60. The van der Waals surface area contributed by atoms with E-state index in [0.717, 1.165) is 0 Å². The number of likely N-dealkylation sites (tertiary alicyclic amines) is 1. The Bertz CT molecular complexity index is 808. The molecule has 1 aliphatic rings. The number of aliphatic hydroxyl groups is 1. The highest BCUT2D eigenvalue weighted by atomic mass is 16.6. The zero-order chi connectivity index (χ0) is 23.2. The minimum Gasteiger partial charge on any atom is -0.491 e. The maximum Gasteiger partial charge on any atom is 0.424 e. The topological polar surface area (TPSA) is 102 Å². The molecule has 1 heterocycles. The summed E-state index contributed by atoms with van der Waals surface area (Å²) in [6.45, 7) is 10.9. The van der Waals surface area contributed by atoms with Crippen LogP contribution in [-0.4, -0.2) is 58.9 Å². The molecule has 1 aromatic rings. The standard InChI is InChI=1S/C23H31NO7/c1-6-23(5,28)15-29-13-14-30-17-9-7-16(8-10-17)18-11-12-19(25)24(20(18)26)21(27)31-22(2,3)4/h6-10,18,28H,1,11-15H2,2-5H3. The van der Waals surface area contributed by atoms with Gasteiger partial charge in [-0.15, -0.1) is 6.58 Å². The van der Waals surface area contributed by atoms with E-state index in [1.807, 2.05) is 0 Å². The van der Waals surface area contributed by atoms with Crippen molar-refractivity contribution in [2.75, 3.05) is 19.8 Å². The fourth-order valence-corrected chi connectivity index (χ4v) is 2.94. The Morgan fingerprint density at radius 2 is 1.84 bits per heavy atom. The number of hydrogen-bond acceptors (Lipinski definition) is 7. The SMILES string of the molecule is C=CC(C)(O)COCCOc1ccc(C2CCC(=O)N(C(=O)OC(C)(C)C)C2=O)cc1. The summed E-state index contributed by atoms with van der Waals surface area (Å²) in [5.74, 6) is -1.15. The van der Waals surface area contributed by atoms with Gasteiger partial charge in [0.25, 0.3) is 0 Å². The average Bonchev–Trinajstić information content (AvgIpc) is 2.67. The van der Waals surface area contributed by atoms with Gasteiger partial charge in [-0.1, -0.05) is 18.2 Å². The monoisotopic (exact) mass is 433 g/mol. The van der Waals surface area contributed by atoms with Crippen LogP contribution in [0.1, 0.15) is 52.0 Å². The molecule has 0 radical (unpaired) electrons. The zero-order valence-electron chi connectivity index (χ0n) is 18.6. The maximum atomic E-state index is 12.8. The van der Waals surface area contributed by atoms with Gasteiger partial charge in [0, 0.05) is 6.42 Å². The Balaban J connectivity index is 1.94. The van der Waals surface area contributed by atoms with Gasteiger partial charge in [0.1, 0.15) is 23.6 Å². The number of imide groups is 3. The molecule has 1 aliphatic heterocycles. The molecule has 3 amide bonds. The lowest BCUT2D eigenvalue weighted by Gasteiger charge is -2.31. The predicted molar refractivity (Wildman–Crippen MR) is 114 cm³/mol. The molecule has 0 spiro atoms. The first-order valence-electron chi connectivity index (χ1n) is 10.2. The Hall–Kier alpha value is -2.71. The van der Waals surface area contributed by atoms with Gasteiger partial charge in [0.2, 0.25) is 11.8 Å². The first kappa shape index (κ1) is 24.6. The highest BCUT2D eigenvalue weighted by Crippen LogP contribution is 2.31. The molecule has 2 atom stereocenters. The zero-order valence-corrected chi connectivity index (χ0v) is 18.6. The quantitative estimate of drug-likeness (QED) is 0.382. The number of ether oxygens (including phenoxy) is 3. The van der Waals surface area contributed by atoms with Crippen molar-refractivity contribution >= 4 is 17.9 Å². The van der Waals surface area contributed by atoms with Crippen LogP contribution in [0, 0.1) is 0 Å². The number of carbonyl (C=O) groups is 3. The normalized spacial score (nSPS) is 19.0. The van der Waals surface area contributed by atoms with Crippen LogP contribution in [0.4, 0.5) is 4.79 Å². The van der Waals surface area contributed by atoms with Crippen molar-refractivity contribution in [1.82, 2.24) is 4.90 Å². The first-order valence-corrected chi connectivity index (χ1v) is 10.2. The summed E-state index contributed by atoms with van der Waals surface area (Å²) < 4.78 is 16.2. The maximum absolute atomic E-state index is 12.8. The van der Waals surface area contributed by atoms with E-state index in [1.165, 1.54) is 6.08 Å². The fraction of sp³-hybridized carbons (Fsp3) is 0.522. The largest absolute Gasteiger partial charge is 0.491 e. The molecule has 0 aliphatic carbocycles. The highest BCUT2D eigenvalue weighted by Gasteiger charge is 2.41. The van der Waals surface area contributed by atoms with E-state index in [1.54, 1.807) is 52.0 Å². The molecule has 1 fully saturated rings. The minimum absolute atomic E-state index is 0.0831. The molecule has 170 valence electrons. The molecule has 0 aromatic heterocycles. The van der Waals surface area contributed by atoms with Crippen molar-refractivity contribution in [3.8, 4) is 5.75 Å². The predicted octanol–water partition coefficient (Wildman–Crippen LogP) is 3.19. The van der Waals surface area contributed by atoms with E-state index in [9.17, 15) is 19.5 Å². The van der Waals surface area contributed by atoms with Crippen LogP contribution in [-0.2, 0) is 19.1 Å². The smallest absolute Gasteiger partial charge is 0.424 e. The van der Waals surface area contributed by atoms with E-state index in [4.69, 9.17) is 14.2 Å². The van der Waals surface area contributed by atoms with Gasteiger partial charge in [0.15, 0.2) is 0 Å². The third kappa shape index (κ3) is 7.18. The number of piperidine rings is 1. The number of hydrogen-bond donors (Lipinski definition) is 1. The first-order chi connectivity index (χ1) is 14.4. The van der Waals surface area contributed by atoms with Gasteiger partial charge in [-0.25, -0.2) is 4.79 Å². The number of benzene rings is 1. The average molecular weight is 434 g/mol. The van der Waals surface area contributed by atoms with Crippen molar-refractivity contribution in [3.63, 3.8) is 0 Å². The van der Waals surface area contributed by atoms with Gasteiger partial charge in [-0.05, 0) is 51.8 Å². The van der Waals surface area contributed by atoms with Gasteiger partial charge < -0.3 is 19.3 Å². The van der Waals surface area contributed by atoms with Crippen LogP contribution >= 0.6 is 0 Å². The number of amides is 3. The van der Waals surface area contributed by atoms with E-state index < -0.39 is 35.0 Å². The van der Waals surface area contributed by atoms with Crippen molar-refractivity contribution in [3.05, 3.63) is 42.5 Å². The van der Waals surface area contributed by atoms with Crippen molar-refractivity contribution in [2.45, 2.75) is 57.7 Å². The molecule has 8 nitrogen and oxygen atoms in total. The van der Waals surface area contributed by atoms with Crippen LogP contribution in [0.15, 0.2) is 36.9 Å². The van der Waals surface area contributed by atoms with E-state index in [0.29, 0.717) is 29.2 Å². The van der Waals surface area contributed by atoms with Crippen LogP contribution < -0.4 is 4.74 Å². The Labute approximate surface area is 182 Å². The lowest BCUT2D eigenvalue weighted by atomic mass is 9.89. The minimum atomic E-state index is -1.08. The third-order valence-electron chi connectivity index (χ3n) is 4.60. The Morgan fingerprint density at radius 1 is 1.19 bits per heavy atom. The summed E-state index contributed by atoms with van der Waals surface area (Å²) >= 11 is 0. The number of rotatable bonds is 8. The summed E-state index contributed by atoms with van der Waals surface area (Å²) in [5.41, 5.74) is -1.20. The van der Waals surface area contributed by atoms with Crippen molar-refractivity contribution in [1.29, 1.82) is 0 Å². The van der Waals surface area contributed by atoms with Crippen LogP contribution in [0.2, 0.25) is 0 Å². The lowest BCUT2D eigenvalue weighted by Crippen LogP contribution is -2.49. The van der Waals surface area contributed by atoms with Gasteiger partial charge in [0.05, 0.1) is 19.1 Å². The fourth-order valence-electron chi connectivity index (χ4n) is 2.94. The molecular formula is C23H31NO7. The van der Waals surface area contributed by atoms with Crippen molar-refractivity contribution in [2.24, 2.45) is 0 Å². The molecule has 1 aromatic carbocycles.